The van der Waals surface area contributed by atoms with Gasteiger partial charge < -0.3 is 18.9 Å². The predicted octanol–water partition coefficient (Wildman–Crippen LogP) is 5.17. The molecule has 6 heteroatoms. The summed E-state index contributed by atoms with van der Waals surface area (Å²) in [6, 6.07) is 21.6. The van der Waals surface area contributed by atoms with Gasteiger partial charge in [0.05, 0.1) is 57.0 Å². The Morgan fingerprint density at radius 3 is 1.79 bits per heavy atom. The number of nitrogens with one attached hydrogen (secondary N) is 1. The summed E-state index contributed by atoms with van der Waals surface area (Å²) < 4.78 is 22.4. The fourth-order valence-corrected chi connectivity index (χ4v) is 3.93. The zero-order valence-corrected chi connectivity index (χ0v) is 19.2. The maximum Gasteiger partial charge on any atom is 0.131 e. The molecule has 0 saturated carbocycles. The number of para-hydroxylation sites is 1. The normalized spacial score (nSPS) is 15.5. The van der Waals surface area contributed by atoms with Gasteiger partial charge in [-0.15, -0.1) is 0 Å². The zero-order valence-electron chi connectivity index (χ0n) is 19.2. The second-order valence-corrected chi connectivity index (χ2v) is 7.35. The fourth-order valence-electron chi connectivity index (χ4n) is 3.93. The first-order valence-corrected chi connectivity index (χ1v) is 10.6. The molecule has 0 amide bonds. The molecule has 4 rings (SSSR count). The highest BCUT2D eigenvalue weighted by molar-refractivity contribution is 5.87. The highest BCUT2D eigenvalue weighted by Gasteiger charge is 2.28. The topological polar surface area (TPSA) is 52.2 Å². The van der Waals surface area contributed by atoms with Crippen molar-refractivity contribution in [2.24, 2.45) is 0 Å². The molecule has 0 bridgehead atoms. The van der Waals surface area contributed by atoms with Crippen LogP contribution < -0.4 is 29.4 Å². The molecule has 6 nitrogen and oxygen atoms in total. The monoisotopic (exact) mass is 444 g/mol. The molecule has 1 unspecified atom stereocenters. The van der Waals surface area contributed by atoms with Crippen LogP contribution in [0.25, 0.3) is 11.8 Å². The second kappa shape index (κ2) is 10.1. The van der Waals surface area contributed by atoms with E-state index in [0.717, 1.165) is 45.5 Å². The van der Waals surface area contributed by atoms with Crippen molar-refractivity contribution < 1.29 is 18.9 Å². The van der Waals surface area contributed by atoms with Crippen LogP contribution >= 0.6 is 0 Å². The van der Waals surface area contributed by atoms with E-state index in [1.807, 2.05) is 60.7 Å². The molecule has 33 heavy (non-hydrogen) atoms. The molecule has 0 saturated heterocycles. The van der Waals surface area contributed by atoms with Gasteiger partial charge in [-0.1, -0.05) is 36.4 Å². The van der Waals surface area contributed by atoms with E-state index in [-0.39, 0.29) is 6.04 Å². The second-order valence-electron chi connectivity index (χ2n) is 7.35. The van der Waals surface area contributed by atoms with E-state index in [0.29, 0.717) is 0 Å². The number of benzene rings is 3. The van der Waals surface area contributed by atoms with E-state index in [4.69, 9.17) is 18.9 Å². The van der Waals surface area contributed by atoms with Crippen molar-refractivity contribution in [2.75, 3.05) is 33.4 Å². The molecule has 0 aromatic heterocycles. The lowest BCUT2D eigenvalue weighted by molar-refractivity contribution is 0.391. The first-order valence-electron chi connectivity index (χ1n) is 10.6. The van der Waals surface area contributed by atoms with Crippen LogP contribution in [0.4, 0.5) is 5.69 Å². The summed E-state index contributed by atoms with van der Waals surface area (Å²) in [5.74, 6) is 2.97. The number of ether oxygens (including phenoxy) is 4. The van der Waals surface area contributed by atoms with Gasteiger partial charge in [0.25, 0.3) is 0 Å². The molecule has 1 N–H and O–H groups in total. The van der Waals surface area contributed by atoms with Gasteiger partial charge in [0.2, 0.25) is 0 Å². The third-order valence-electron chi connectivity index (χ3n) is 5.49. The minimum atomic E-state index is -0.0931. The van der Waals surface area contributed by atoms with Gasteiger partial charge in [0, 0.05) is 0 Å². The largest absolute Gasteiger partial charge is 0.496 e. The van der Waals surface area contributed by atoms with Crippen LogP contribution in [-0.2, 0) is 0 Å². The van der Waals surface area contributed by atoms with Crippen LogP contribution in [0.1, 0.15) is 11.1 Å². The quantitative estimate of drug-likeness (QED) is 0.517. The summed E-state index contributed by atoms with van der Waals surface area (Å²) in [6.45, 7) is 0. The van der Waals surface area contributed by atoms with Gasteiger partial charge in [-0.05, 0) is 48.6 Å². The highest BCUT2D eigenvalue weighted by atomic mass is 16.5. The lowest BCUT2D eigenvalue weighted by Gasteiger charge is -2.25. The van der Waals surface area contributed by atoms with Gasteiger partial charge in [-0.2, -0.15) is 0 Å². The molecule has 0 radical (unpaired) electrons. The first-order chi connectivity index (χ1) is 16.2. The van der Waals surface area contributed by atoms with Crippen LogP contribution in [0.5, 0.6) is 23.0 Å². The van der Waals surface area contributed by atoms with Crippen molar-refractivity contribution in [1.82, 2.24) is 5.43 Å². The summed E-state index contributed by atoms with van der Waals surface area (Å²) in [4.78, 5) is 0. The number of hydrazine groups is 1. The molecule has 0 fully saturated rings. The van der Waals surface area contributed by atoms with Crippen molar-refractivity contribution in [3.05, 3.63) is 90.0 Å². The first kappa shape index (κ1) is 22.3. The summed E-state index contributed by atoms with van der Waals surface area (Å²) >= 11 is 0. The van der Waals surface area contributed by atoms with Crippen LogP contribution in [0.2, 0.25) is 0 Å². The molecule has 1 atom stereocenters. The van der Waals surface area contributed by atoms with Gasteiger partial charge in [-0.3, -0.25) is 5.01 Å². The van der Waals surface area contributed by atoms with Crippen molar-refractivity contribution in [3.8, 4) is 23.0 Å². The predicted molar refractivity (Wildman–Crippen MR) is 132 cm³/mol. The van der Waals surface area contributed by atoms with E-state index in [1.54, 1.807) is 28.4 Å². The van der Waals surface area contributed by atoms with E-state index in [9.17, 15) is 0 Å². The maximum atomic E-state index is 5.68. The van der Waals surface area contributed by atoms with Crippen LogP contribution in [0.3, 0.4) is 0 Å². The van der Waals surface area contributed by atoms with Gasteiger partial charge in [-0.25, -0.2) is 5.43 Å². The molecule has 1 aliphatic heterocycles. The van der Waals surface area contributed by atoms with Crippen LogP contribution in [0.15, 0.2) is 78.9 Å². The number of hydrogen-bond acceptors (Lipinski definition) is 6. The zero-order chi connectivity index (χ0) is 23.2. The molecule has 0 spiro atoms. The Kier molecular flexibility index (Phi) is 6.86. The fraction of sp³-hybridized carbons (Fsp3) is 0.185. The number of anilines is 1. The molecule has 170 valence electrons. The van der Waals surface area contributed by atoms with Gasteiger partial charge in [0.15, 0.2) is 0 Å². The Balaban J connectivity index is 1.77. The standard InChI is InChI=1S/C27H28N2O4/c1-30-23-12-8-13-24(31-2)21(23)17-16-19-18-22(29(28-19)20-10-6-5-7-11-20)27-25(32-3)14-9-15-26(27)33-4/h5-19,28H,1-4H3. The average Bonchev–Trinajstić information content (AvgIpc) is 3.30. The summed E-state index contributed by atoms with van der Waals surface area (Å²) in [5, 5.41) is 2.05. The Morgan fingerprint density at radius 2 is 1.24 bits per heavy atom. The Bertz CT molecular complexity index is 1110. The SMILES string of the molecule is COc1cccc(OC)c1C=CC1C=C(c2c(OC)cccc2OC)N(c2ccccc2)N1. The third-order valence-corrected chi connectivity index (χ3v) is 5.49. The number of nitrogens with zero attached hydrogens (tertiary/aromatic N) is 1. The number of rotatable bonds is 8. The van der Waals surface area contributed by atoms with E-state index < -0.39 is 0 Å². The molecule has 1 aliphatic rings. The summed E-state index contributed by atoms with van der Waals surface area (Å²) in [7, 11) is 6.64. The average molecular weight is 445 g/mol. The van der Waals surface area contributed by atoms with Crippen molar-refractivity contribution >= 4 is 17.5 Å². The molecule has 1 heterocycles. The van der Waals surface area contributed by atoms with E-state index in [1.165, 1.54) is 0 Å². The third kappa shape index (κ3) is 4.52. The van der Waals surface area contributed by atoms with E-state index in [2.05, 4.69) is 34.7 Å². The van der Waals surface area contributed by atoms with E-state index >= 15 is 0 Å². The molecular formula is C27H28N2O4. The molecule has 3 aromatic carbocycles. The molecule has 3 aromatic rings. The minimum Gasteiger partial charge on any atom is -0.496 e. The van der Waals surface area contributed by atoms with Crippen LogP contribution in [-0.4, -0.2) is 34.5 Å². The number of hydrogen-bond donors (Lipinski definition) is 1. The maximum absolute atomic E-state index is 5.68. The summed E-state index contributed by atoms with van der Waals surface area (Å²) in [6.07, 6.45) is 6.23. The Labute approximate surface area is 194 Å². The summed E-state index contributed by atoms with van der Waals surface area (Å²) in [5.41, 5.74) is 7.27. The molecular weight excluding hydrogens is 416 g/mol. The van der Waals surface area contributed by atoms with Crippen molar-refractivity contribution in [1.29, 1.82) is 0 Å². The molecule has 0 aliphatic carbocycles. The van der Waals surface area contributed by atoms with Crippen molar-refractivity contribution in [2.45, 2.75) is 6.04 Å². The smallest absolute Gasteiger partial charge is 0.131 e. The lowest BCUT2D eigenvalue weighted by Crippen LogP contribution is -2.36. The van der Waals surface area contributed by atoms with Crippen molar-refractivity contribution in [3.63, 3.8) is 0 Å². The van der Waals surface area contributed by atoms with Gasteiger partial charge in [0.1, 0.15) is 23.0 Å². The highest BCUT2D eigenvalue weighted by Crippen LogP contribution is 2.40. The van der Waals surface area contributed by atoms with Crippen LogP contribution in [0, 0.1) is 0 Å². The van der Waals surface area contributed by atoms with Gasteiger partial charge >= 0.3 is 0 Å². The number of methoxy groups -OCH3 is 4. The minimum absolute atomic E-state index is 0.0931. The Morgan fingerprint density at radius 1 is 0.697 bits per heavy atom. The Hall–Kier alpha value is -3.90. The lowest BCUT2D eigenvalue weighted by atomic mass is 10.1.